The van der Waals surface area contributed by atoms with Gasteiger partial charge in [0.15, 0.2) is 0 Å². The Hall–Kier alpha value is -2.65. The first-order valence-corrected chi connectivity index (χ1v) is 8.15. The third kappa shape index (κ3) is 4.18. The molecule has 1 amide bonds. The number of carbonyl (C=O) groups is 2. The van der Waals surface area contributed by atoms with Crippen LogP contribution in [0.5, 0.6) is 0 Å². The third-order valence-corrected chi connectivity index (χ3v) is 4.08. The molecule has 1 aromatic carbocycles. The zero-order valence-corrected chi connectivity index (χ0v) is 13.0. The highest BCUT2D eigenvalue weighted by Gasteiger charge is 2.17. The predicted octanol–water partition coefficient (Wildman–Crippen LogP) is 0.815. The lowest BCUT2D eigenvalue weighted by molar-refractivity contribution is 0.0526. The van der Waals surface area contributed by atoms with Gasteiger partial charge in [-0.2, -0.15) is 0 Å². The summed E-state index contributed by atoms with van der Waals surface area (Å²) >= 11 is 0. The minimum Gasteiger partial charge on any atom is -0.462 e. The summed E-state index contributed by atoms with van der Waals surface area (Å²) in [6, 6.07) is 8.26. The van der Waals surface area contributed by atoms with Crippen molar-refractivity contribution in [1.82, 2.24) is 15.2 Å². The van der Waals surface area contributed by atoms with E-state index in [2.05, 4.69) is 10.4 Å². The maximum Gasteiger partial charge on any atom is 0.338 e. The highest BCUT2D eigenvalue weighted by Crippen LogP contribution is 2.11. The molecule has 0 saturated heterocycles. The van der Waals surface area contributed by atoms with E-state index in [9.17, 15) is 18.0 Å². The van der Waals surface area contributed by atoms with Gasteiger partial charge in [-0.05, 0) is 43.3 Å². The first-order valence-electron chi connectivity index (χ1n) is 6.67. The molecule has 0 unspecified atom stereocenters. The SMILES string of the molecule is CCOC(=O)c1ccc(S(=O)(=O)NNC(=O)c2ccc[nH]2)cc1. The first kappa shape index (κ1) is 16.7. The fourth-order valence-electron chi connectivity index (χ4n) is 1.70. The molecule has 0 radical (unpaired) electrons. The van der Waals surface area contributed by atoms with E-state index >= 15 is 0 Å². The predicted molar refractivity (Wildman–Crippen MR) is 81.0 cm³/mol. The number of hydrazine groups is 1. The highest BCUT2D eigenvalue weighted by atomic mass is 32.2. The van der Waals surface area contributed by atoms with Crippen LogP contribution < -0.4 is 10.3 Å². The molecule has 9 heteroatoms. The zero-order valence-electron chi connectivity index (χ0n) is 12.2. The van der Waals surface area contributed by atoms with E-state index in [0.29, 0.717) is 0 Å². The minimum atomic E-state index is -3.95. The van der Waals surface area contributed by atoms with E-state index < -0.39 is 21.9 Å². The average molecular weight is 337 g/mol. The lowest BCUT2D eigenvalue weighted by Crippen LogP contribution is -2.41. The van der Waals surface area contributed by atoms with Gasteiger partial charge in [0.1, 0.15) is 5.69 Å². The molecule has 1 aromatic heterocycles. The fourth-order valence-corrected chi connectivity index (χ4v) is 2.54. The summed E-state index contributed by atoms with van der Waals surface area (Å²) in [5.41, 5.74) is 2.53. The van der Waals surface area contributed by atoms with Crippen LogP contribution in [0.1, 0.15) is 27.8 Å². The molecule has 0 saturated carbocycles. The number of hydrogen-bond donors (Lipinski definition) is 3. The molecule has 0 fully saturated rings. The Morgan fingerprint density at radius 3 is 2.43 bits per heavy atom. The molecule has 23 heavy (non-hydrogen) atoms. The van der Waals surface area contributed by atoms with E-state index in [-0.39, 0.29) is 22.8 Å². The van der Waals surface area contributed by atoms with Crippen molar-refractivity contribution in [2.45, 2.75) is 11.8 Å². The van der Waals surface area contributed by atoms with Crippen LogP contribution in [0.4, 0.5) is 0 Å². The van der Waals surface area contributed by atoms with Crippen molar-refractivity contribution in [2.75, 3.05) is 6.61 Å². The molecule has 0 spiro atoms. The molecule has 2 aromatic rings. The van der Waals surface area contributed by atoms with E-state index in [4.69, 9.17) is 4.74 Å². The van der Waals surface area contributed by atoms with Crippen molar-refractivity contribution >= 4 is 21.9 Å². The smallest absolute Gasteiger partial charge is 0.338 e. The van der Waals surface area contributed by atoms with Gasteiger partial charge >= 0.3 is 5.97 Å². The summed E-state index contributed by atoms with van der Waals surface area (Å²) in [5, 5.41) is 0. The van der Waals surface area contributed by atoms with Gasteiger partial charge in [-0.3, -0.25) is 10.2 Å². The molecule has 1 heterocycles. The number of rotatable bonds is 6. The van der Waals surface area contributed by atoms with Gasteiger partial charge in [0.25, 0.3) is 15.9 Å². The Balaban J connectivity index is 2.04. The highest BCUT2D eigenvalue weighted by molar-refractivity contribution is 7.89. The number of ether oxygens (including phenoxy) is 1. The van der Waals surface area contributed by atoms with Crippen LogP contribution in [0, 0.1) is 0 Å². The van der Waals surface area contributed by atoms with Gasteiger partial charge in [0, 0.05) is 6.20 Å². The Bertz CT molecular complexity index is 782. The summed E-state index contributed by atoms with van der Waals surface area (Å²) in [4.78, 5) is 27.7. The molecule has 0 atom stereocenters. The second-order valence-electron chi connectivity index (χ2n) is 4.39. The summed E-state index contributed by atoms with van der Waals surface area (Å²) in [6.45, 7) is 1.90. The molecule has 8 nitrogen and oxygen atoms in total. The molecule has 0 aliphatic carbocycles. The topological polar surface area (TPSA) is 117 Å². The Morgan fingerprint density at radius 1 is 1.17 bits per heavy atom. The van der Waals surface area contributed by atoms with Crippen molar-refractivity contribution in [3.63, 3.8) is 0 Å². The van der Waals surface area contributed by atoms with E-state index in [1.54, 1.807) is 13.0 Å². The maximum absolute atomic E-state index is 12.1. The molecule has 3 N–H and O–H groups in total. The monoisotopic (exact) mass is 337 g/mol. The number of aromatic nitrogens is 1. The second-order valence-corrected chi connectivity index (χ2v) is 6.07. The van der Waals surface area contributed by atoms with Crippen molar-refractivity contribution in [2.24, 2.45) is 0 Å². The van der Waals surface area contributed by atoms with Crippen LogP contribution in [-0.2, 0) is 14.8 Å². The molecule has 0 aliphatic heterocycles. The molecular weight excluding hydrogens is 322 g/mol. The lowest BCUT2D eigenvalue weighted by Gasteiger charge is -2.08. The third-order valence-electron chi connectivity index (χ3n) is 2.82. The minimum absolute atomic E-state index is 0.0997. The number of nitrogens with one attached hydrogen (secondary N) is 3. The Morgan fingerprint density at radius 2 is 1.87 bits per heavy atom. The van der Waals surface area contributed by atoms with Gasteiger partial charge in [-0.15, -0.1) is 4.83 Å². The number of aromatic amines is 1. The summed E-state index contributed by atoms with van der Waals surface area (Å²) in [6.07, 6.45) is 1.54. The number of hydrogen-bond acceptors (Lipinski definition) is 5. The maximum atomic E-state index is 12.1. The van der Waals surface area contributed by atoms with Crippen molar-refractivity contribution < 1.29 is 22.7 Å². The van der Waals surface area contributed by atoms with Crippen molar-refractivity contribution in [3.8, 4) is 0 Å². The van der Waals surface area contributed by atoms with Crippen LogP contribution in [0.15, 0.2) is 47.5 Å². The molecule has 0 bridgehead atoms. The van der Waals surface area contributed by atoms with Gasteiger partial charge in [-0.25, -0.2) is 13.2 Å². The molecule has 122 valence electrons. The number of esters is 1. The van der Waals surface area contributed by atoms with Crippen LogP contribution in [0.3, 0.4) is 0 Å². The normalized spacial score (nSPS) is 11.0. The van der Waals surface area contributed by atoms with Crippen molar-refractivity contribution in [3.05, 3.63) is 53.9 Å². The molecule has 2 rings (SSSR count). The van der Waals surface area contributed by atoms with Crippen molar-refractivity contribution in [1.29, 1.82) is 0 Å². The zero-order chi connectivity index (χ0) is 16.9. The number of amides is 1. The first-order chi connectivity index (χ1) is 10.9. The van der Waals surface area contributed by atoms with Crippen LogP contribution in [-0.4, -0.2) is 31.9 Å². The fraction of sp³-hybridized carbons (Fsp3) is 0.143. The van der Waals surface area contributed by atoms with Crippen LogP contribution in [0.25, 0.3) is 0 Å². The lowest BCUT2D eigenvalue weighted by atomic mass is 10.2. The van der Waals surface area contributed by atoms with E-state index in [1.165, 1.54) is 36.5 Å². The Kier molecular flexibility index (Phi) is 5.14. The number of benzene rings is 1. The van der Waals surface area contributed by atoms with Crippen LogP contribution in [0.2, 0.25) is 0 Å². The van der Waals surface area contributed by atoms with Gasteiger partial charge in [0.2, 0.25) is 0 Å². The number of H-pyrrole nitrogens is 1. The quantitative estimate of drug-likeness (QED) is 0.533. The standard InChI is InChI=1S/C14H15N3O5S/c1-2-22-14(19)10-5-7-11(8-6-10)23(20,21)17-16-13(18)12-4-3-9-15-12/h3-9,15,17H,2H2,1H3,(H,16,18). The number of carbonyl (C=O) groups excluding carboxylic acids is 2. The summed E-state index contributed by atoms with van der Waals surface area (Å²) in [5.74, 6) is -1.16. The van der Waals surface area contributed by atoms with Gasteiger partial charge < -0.3 is 9.72 Å². The van der Waals surface area contributed by atoms with Crippen LogP contribution >= 0.6 is 0 Å². The van der Waals surface area contributed by atoms with Gasteiger partial charge in [0.05, 0.1) is 17.1 Å². The number of sulfonamides is 1. The average Bonchev–Trinajstić information content (AvgIpc) is 3.07. The summed E-state index contributed by atoms with van der Waals surface area (Å²) < 4.78 is 28.9. The largest absolute Gasteiger partial charge is 0.462 e. The van der Waals surface area contributed by atoms with Gasteiger partial charge in [-0.1, -0.05) is 0 Å². The Labute approximate surface area is 132 Å². The summed E-state index contributed by atoms with van der Waals surface area (Å²) in [7, 11) is -3.95. The molecular formula is C14H15N3O5S. The molecule has 0 aliphatic rings. The second kappa shape index (κ2) is 7.07. The van der Waals surface area contributed by atoms with E-state index in [0.717, 1.165) is 0 Å². The van der Waals surface area contributed by atoms with E-state index in [1.807, 2.05) is 4.83 Å².